The zero-order chi connectivity index (χ0) is 37.8. The molecule has 0 bridgehead atoms. The maximum Gasteiger partial charge on any atom is 0.120 e. The van der Waals surface area contributed by atoms with Crippen LogP contribution in [0, 0.1) is 18.1 Å². The van der Waals surface area contributed by atoms with Gasteiger partial charge in [0.1, 0.15) is 5.58 Å². The van der Waals surface area contributed by atoms with Crippen LogP contribution >= 0.6 is 0 Å². The summed E-state index contributed by atoms with van der Waals surface area (Å²) in [5.74, 6) is 0.0545. The molecule has 0 N–H and O–H groups in total. The van der Waals surface area contributed by atoms with Gasteiger partial charge in [0, 0.05) is 40.6 Å². The maximum atomic E-state index is 8.88. The molecule has 5 aromatic carbocycles. The molecule has 0 unspecified atom stereocenters. The number of aromatic nitrogens is 2. The fraction of sp³-hybridized carbons (Fsp3) is 0.200. The van der Waals surface area contributed by atoms with Crippen molar-refractivity contribution in [3.63, 3.8) is 0 Å². The van der Waals surface area contributed by atoms with E-state index in [1.54, 1.807) is 6.20 Å². The van der Waals surface area contributed by atoms with Gasteiger partial charge in [-0.15, -0.1) is 53.6 Å². The van der Waals surface area contributed by atoms with Crippen molar-refractivity contribution in [2.45, 2.75) is 57.7 Å². The topological polar surface area (TPSA) is 38.9 Å². The molecule has 1 radical (unpaired) electrons. The summed E-state index contributed by atoms with van der Waals surface area (Å²) in [5, 5.41) is 2.07. The molecule has 1 saturated carbocycles. The molecule has 0 atom stereocenters. The Labute approximate surface area is 335 Å². The number of pyridine rings is 2. The van der Waals surface area contributed by atoms with E-state index in [9.17, 15) is 0 Å². The van der Waals surface area contributed by atoms with E-state index in [-0.39, 0.29) is 31.4 Å². The van der Waals surface area contributed by atoms with Crippen LogP contribution in [-0.2, 0) is 31.9 Å². The maximum absolute atomic E-state index is 8.88. The molecule has 54 heavy (non-hydrogen) atoms. The summed E-state index contributed by atoms with van der Waals surface area (Å²) in [5.41, 5.74) is 10.6. The van der Waals surface area contributed by atoms with Crippen LogP contribution in [-0.4, -0.2) is 9.97 Å². The van der Waals surface area contributed by atoms with Crippen molar-refractivity contribution < 1.29 is 27.3 Å². The second-order valence-corrected chi connectivity index (χ2v) is 14.4. The van der Waals surface area contributed by atoms with Crippen molar-refractivity contribution in [2.75, 3.05) is 0 Å². The van der Waals surface area contributed by atoms with Gasteiger partial charge in [-0.05, 0) is 70.0 Å². The van der Waals surface area contributed by atoms with Crippen LogP contribution in [0.4, 0.5) is 0 Å². The molecule has 0 amide bonds. The minimum absolute atomic E-state index is 0. The van der Waals surface area contributed by atoms with Gasteiger partial charge >= 0.3 is 0 Å². The van der Waals surface area contributed by atoms with E-state index < -0.39 is 6.37 Å². The number of hydrogen-bond donors (Lipinski definition) is 0. The van der Waals surface area contributed by atoms with E-state index in [1.165, 1.54) is 23.1 Å². The third-order valence-electron chi connectivity index (χ3n) is 10.5. The Morgan fingerprint density at radius 1 is 0.685 bits per heavy atom. The Morgan fingerprint density at radius 2 is 1.44 bits per heavy atom. The Bertz CT molecular complexity index is 2510. The standard InChI is InChI=1S/C30H26NO.C20H18N.Ir/c1-3-8-21(9-4-1)18-22-16-17-31-28(19-22)26-13-7-12-25-27-20-24(23-10-5-2-6-11-23)14-15-29(27)32-30(25)26;1-20(2,17-8-4-3-5-9-17)18-13-11-16(12-14-18)19-10-6-7-15-21-19;/h2,5-7,10-12,14-17,19-21H,1,3-4,8-9,18H2;3-11,13-15H,1-2H3;/q2*-1;/i18D2;;. The average molecular weight is 883 g/mol. The first-order valence-corrected chi connectivity index (χ1v) is 18.7. The molecule has 0 aliphatic heterocycles. The number of benzene rings is 5. The normalized spacial score (nSPS) is 14.0. The monoisotopic (exact) mass is 883 g/mol. The third-order valence-corrected chi connectivity index (χ3v) is 10.5. The summed E-state index contributed by atoms with van der Waals surface area (Å²) in [6.07, 6.45) is 7.48. The van der Waals surface area contributed by atoms with Crippen LogP contribution in [0.15, 0.2) is 156 Å². The summed E-state index contributed by atoms with van der Waals surface area (Å²) < 4.78 is 24.1. The molecule has 3 aromatic heterocycles. The van der Waals surface area contributed by atoms with Crippen LogP contribution in [0.25, 0.3) is 55.6 Å². The molecular formula is C50H44IrN2O-2. The Morgan fingerprint density at radius 3 is 2.19 bits per heavy atom. The smallest absolute Gasteiger partial charge is 0.120 e. The van der Waals surface area contributed by atoms with Gasteiger partial charge in [-0.3, -0.25) is 0 Å². The van der Waals surface area contributed by atoms with Gasteiger partial charge in [0.2, 0.25) is 0 Å². The summed E-state index contributed by atoms with van der Waals surface area (Å²) in [6.45, 7) is 4.48. The van der Waals surface area contributed by atoms with Gasteiger partial charge in [-0.2, -0.15) is 0 Å². The van der Waals surface area contributed by atoms with Crippen molar-refractivity contribution in [3.05, 3.63) is 181 Å². The minimum Gasteiger partial charge on any atom is -0.501 e. The van der Waals surface area contributed by atoms with E-state index in [0.717, 1.165) is 70.0 Å². The van der Waals surface area contributed by atoms with Crippen molar-refractivity contribution in [1.29, 1.82) is 0 Å². The van der Waals surface area contributed by atoms with E-state index in [4.69, 9.17) is 7.16 Å². The number of rotatable bonds is 7. The van der Waals surface area contributed by atoms with Crippen molar-refractivity contribution in [2.24, 2.45) is 5.92 Å². The van der Waals surface area contributed by atoms with Gasteiger partial charge < -0.3 is 14.4 Å². The largest absolute Gasteiger partial charge is 0.501 e. The molecular weight excluding hydrogens is 837 g/mol. The quantitative estimate of drug-likeness (QED) is 0.150. The van der Waals surface area contributed by atoms with Crippen molar-refractivity contribution >= 4 is 21.9 Å². The van der Waals surface area contributed by atoms with Gasteiger partial charge in [0.15, 0.2) is 0 Å². The van der Waals surface area contributed by atoms with Crippen LogP contribution in [0.2, 0.25) is 0 Å². The third kappa shape index (κ3) is 8.16. The summed E-state index contributed by atoms with van der Waals surface area (Å²) in [7, 11) is 0. The van der Waals surface area contributed by atoms with Crippen molar-refractivity contribution in [3.8, 4) is 33.6 Å². The Balaban J connectivity index is 0.000000188. The molecule has 8 aromatic rings. The van der Waals surface area contributed by atoms with Gasteiger partial charge in [-0.1, -0.05) is 147 Å². The summed E-state index contributed by atoms with van der Waals surface area (Å²) in [4.78, 5) is 8.96. The Hall–Kier alpha value is -5.15. The molecule has 3 heterocycles. The zero-order valence-electron chi connectivity index (χ0n) is 32.7. The Kier molecular flexibility index (Phi) is 10.8. The van der Waals surface area contributed by atoms with E-state index >= 15 is 0 Å². The molecule has 271 valence electrons. The van der Waals surface area contributed by atoms with Gasteiger partial charge in [0.25, 0.3) is 0 Å². The molecule has 3 nitrogen and oxygen atoms in total. The first-order chi connectivity index (χ1) is 26.8. The predicted octanol–water partition coefficient (Wildman–Crippen LogP) is 13.1. The van der Waals surface area contributed by atoms with E-state index in [1.807, 2.05) is 72.9 Å². The SMILES string of the molecule is CC(C)(c1c[c-]c(-c2ccccn2)cc1)c1ccccc1.[2H]C([2H])(c1ccnc(-c2[c-]ccc3c2oc2ccc(-c4ccccc4)cc23)c1)C1CCCCC1.[Ir]. The first kappa shape index (κ1) is 34.6. The van der Waals surface area contributed by atoms with Gasteiger partial charge in [-0.25, -0.2) is 0 Å². The number of hydrogen-bond acceptors (Lipinski definition) is 3. The summed E-state index contributed by atoms with van der Waals surface area (Å²) in [6, 6.07) is 53.8. The van der Waals surface area contributed by atoms with E-state index in [0.29, 0.717) is 11.3 Å². The fourth-order valence-corrected chi connectivity index (χ4v) is 7.40. The number of fused-ring (bicyclic) bond motifs is 3. The molecule has 0 spiro atoms. The second kappa shape index (κ2) is 16.9. The van der Waals surface area contributed by atoms with Gasteiger partial charge in [0.05, 0.1) is 5.58 Å². The molecule has 1 aliphatic rings. The molecule has 1 fully saturated rings. The average Bonchev–Trinajstić information content (AvgIpc) is 3.63. The summed E-state index contributed by atoms with van der Waals surface area (Å²) >= 11 is 0. The fourth-order valence-electron chi connectivity index (χ4n) is 7.40. The van der Waals surface area contributed by atoms with Crippen LogP contribution < -0.4 is 0 Å². The molecule has 0 saturated heterocycles. The van der Waals surface area contributed by atoms with Crippen molar-refractivity contribution in [1.82, 2.24) is 9.97 Å². The van der Waals surface area contributed by atoms with E-state index in [2.05, 4.69) is 109 Å². The number of nitrogens with zero attached hydrogens (tertiary/aromatic N) is 2. The number of furan rings is 1. The minimum atomic E-state index is -1.37. The van der Waals surface area contributed by atoms with Crippen LogP contribution in [0.1, 0.15) is 65.4 Å². The molecule has 9 rings (SSSR count). The van der Waals surface area contributed by atoms with Crippen LogP contribution in [0.3, 0.4) is 0 Å². The predicted molar refractivity (Wildman–Crippen MR) is 219 cm³/mol. The molecule has 4 heteroatoms. The van der Waals surface area contributed by atoms with Crippen LogP contribution in [0.5, 0.6) is 0 Å². The second-order valence-electron chi connectivity index (χ2n) is 14.4. The zero-order valence-corrected chi connectivity index (χ0v) is 33.1. The molecule has 1 aliphatic carbocycles. The first-order valence-electron chi connectivity index (χ1n) is 19.7.